The normalized spacial score (nSPS) is 10.5. The molecule has 2 aromatic rings. The van der Waals surface area contributed by atoms with E-state index >= 15 is 0 Å². The van der Waals surface area contributed by atoms with Crippen molar-refractivity contribution >= 4 is 34.7 Å². The van der Waals surface area contributed by atoms with Crippen molar-refractivity contribution in [3.63, 3.8) is 0 Å². The highest BCUT2D eigenvalue weighted by Crippen LogP contribution is 2.29. The SMILES string of the molecule is Cc1cc(F)cc(C(=O)c2cc(Cl)c(N)c(Cl)c2)c1. The summed E-state index contributed by atoms with van der Waals surface area (Å²) < 4.78 is 13.3. The van der Waals surface area contributed by atoms with E-state index in [0.29, 0.717) is 5.56 Å². The van der Waals surface area contributed by atoms with E-state index in [4.69, 9.17) is 28.9 Å². The average Bonchev–Trinajstić information content (AvgIpc) is 2.33. The largest absolute Gasteiger partial charge is 0.396 e. The molecule has 0 saturated carbocycles. The number of nitrogens with two attached hydrogens (primary N) is 1. The van der Waals surface area contributed by atoms with Gasteiger partial charge in [0.2, 0.25) is 0 Å². The molecule has 2 nitrogen and oxygen atoms in total. The Hall–Kier alpha value is -1.58. The van der Waals surface area contributed by atoms with E-state index in [1.54, 1.807) is 13.0 Å². The van der Waals surface area contributed by atoms with Gasteiger partial charge >= 0.3 is 0 Å². The number of halogens is 3. The van der Waals surface area contributed by atoms with Crippen molar-refractivity contribution < 1.29 is 9.18 Å². The molecule has 2 N–H and O–H groups in total. The van der Waals surface area contributed by atoms with Crippen LogP contribution < -0.4 is 5.73 Å². The standard InChI is InChI=1S/C14H10Cl2FNO/c1-7-2-8(4-10(17)3-7)14(19)9-5-11(15)13(18)12(16)6-9/h2-6H,18H2,1H3. The van der Waals surface area contributed by atoms with E-state index in [9.17, 15) is 9.18 Å². The Morgan fingerprint density at radius 3 is 2.11 bits per heavy atom. The van der Waals surface area contributed by atoms with E-state index in [1.807, 2.05) is 0 Å². The van der Waals surface area contributed by atoms with E-state index in [-0.39, 0.29) is 32.6 Å². The van der Waals surface area contributed by atoms with Gasteiger partial charge < -0.3 is 5.73 Å². The fourth-order valence-electron chi connectivity index (χ4n) is 1.75. The number of anilines is 1. The minimum absolute atomic E-state index is 0.198. The number of ketones is 1. The van der Waals surface area contributed by atoms with Gasteiger partial charge in [0.25, 0.3) is 0 Å². The van der Waals surface area contributed by atoms with Crippen LogP contribution in [-0.4, -0.2) is 5.78 Å². The zero-order chi connectivity index (χ0) is 14.2. The summed E-state index contributed by atoms with van der Waals surface area (Å²) in [5, 5.41) is 0.396. The van der Waals surface area contributed by atoms with E-state index in [0.717, 1.165) is 0 Å². The fraction of sp³-hybridized carbons (Fsp3) is 0.0714. The summed E-state index contributed by atoms with van der Waals surface area (Å²) in [6.07, 6.45) is 0. The Kier molecular flexibility index (Phi) is 3.78. The molecular weight excluding hydrogens is 288 g/mol. The number of hydrogen-bond donors (Lipinski definition) is 1. The molecule has 5 heteroatoms. The molecule has 0 bridgehead atoms. The summed E-state index contributed by atoms with van der Waals surface area (Å²) in [6, 6.07) is 6.97. The highest BCUT2D eigenvalue weighted by molar-refractivity contribution is 6.39. The van der Waals surface area contributed by atoms with Crippen LogP contribution in [0.25, 0.3) is 0 Å². The molecule has 0 atom stereocenters. The molecule has 0 aromatic heterocycles. The van der Waals surface area contributed by atoms with Crippen LogP contribution in [0.2, 0.25) is 10.0 Å². The molecule has 19 heavy (non-hydrogen) atoms. The summed E-state index contributed by atoms with van der Waals surface area (Å²) in [4.78, 5) is 12.2. The summed E-state index contributed by atoms with van der Waals surface area (Å²) in [5.41, 5.74) is 7.00. The number of carbonyl (C=O) groups excluding carboxylic acids is 1. The third-order valence-electron chi connectivity index (χ3n) is 2.65. The highest BCUT2D eigenvalue weighted by Gasteiger charge is 2.14. The third-order valence-corrected chi connectivity index (χ3v) is 3.27. The number of benzene rings is 2. The fourth-order valence-corrected chi connectivity index (χ4v) is 2.24. The summed E-state index contributed by atoms with van der Waals surface area (Å²) in [6.45, 7) is 1.71. The molecule has 98 valence electrons. The predicted octanol–water partition coefficient (Wildman–Crippen LogP) is 4.25. The van der Waals surface area contributed by atoms with E-state index in [1.165, 1.54) is 24.3 Å². The second-order valence-electron chi connectivity index (χ2n) is 4.20. The third kappa shape index (κ3) is 2.88. The van der Waals surface area contributed by atoms with E-state index in [2.05, 4.69) is 0 Å². The van der Waals surface area contributed by atoms with Gasteiger partial charge in [-0.3, -0.25) is 4.79 Å². The van der Waals surface area contributed by atoms with Crippen LogP contribution in [-0.2, 0) is 0 Å². The van der Waals surface area contributed by atoms with Gasteiger partial charge in [0.05, 0.1) is 15.7 Å². The van der Waals surface area contributed by atoms with Crippen LogP contribution in [0, 0.1) is 12.7 Å². The molecule has 2 rings (SSSR count). The summed E-state index contributed by atoms with van der Waals surface area (Å²) in [7, 11) is 0. The lowest BCUT2D eigenvalue weighted by Gasteiger charge is -2.07. The average molecular weight is 298 g/mol. The van der Waals surface area contributed by atoms with Crippen molar-refractivity contribution in [3.05, 3.63) is 62.9 Å². The van der Waals surface area contributed by atoms with Gasteiger partial charge in [-0.1, -0.05) is 23.2 Å². The van der Waals surface area contributed by atoms with Crippen LogP contribution in [0.4, 0.5) is 10.1 Å². The Morgan fingerprint density at radius 1 is 1.05 bits per heavy atom. The quantitative estimate of drug-likeness (QED) is 0.665. The molecule has 0 unspecified atom stereocenters. The lowest BCUT2D eigenvalue weighted by Crippen LogP contribution is -2.03. The zero-order valence-corrected chi connectivity index (χ0v) is 11.5. The molecule has 0 aliphatic heterocycles. The summed E-state index contributed by atoms with van der Waals surface area (Å²) in [5.74, 6) is -0.817. The molecule has 0 heterocycles. The van der Waals surface area contributed by atoms with Crippen molar-refractivity contribution in [2.45, 2.75) is 6.92 Å². The molecular formula is C14H10Cl2FNO. The lowest BCUT2D eigenvalue weighted by atomic mass is 10.0. The smallest absolute Gasteiger partial charge is 0.193 e. The molecule has 2 aromatic carbocycles. The predicted molar refractivity (Wildman–Crippen MR) is 75.4 cm³/mol. The van der Waals surface area contributed by atoms with Crippen molar-refractivity contribution in [2.75, 3.05) is 5.73 Å². The Balaban J connectivity index is 2.50. The first kappa shape index (κ1) is 13.8. The van der Waals surface area contributed by atoms with Crippen LogP contribution in [0.15, 0.2) is 30.3 Å². The van der Waals surface area contributed by atoms with Gasteiger partial charge in [0.15, 0.2) is 5.78 Å². The number of aryl methyl sites for hydroxylation is 1. The highest BCUT2D eigenvalue weighted by atomic mass is 35.5. The maximum atomic E-state index is 13.3. The van der Waals surface area contributed by atoms with E-state index < -0.39 is 5.82 Å². The van der Waals surface area contributed by atoms with Crippen molar-refractivity contribution in [3.8, 4) is 0 Å². The molecule has 0 aliphatic carbocycles. The molecule has 0 amide bonds. The maximum Gasteiger partial charge on any atom is 0.193 e. The van der Waals surface area contributed by atoms with Crippen LogP contribution >= 0.6 is 23.2 Å². The number of carbonyl (C=O) groups is 1. The molecule has 0 aliphatic rings. The number of hydrogen-bond acceptors (Lipinski definition) is 2. The van der Waals surface area contributed by atoms with Crippen LogP contribution in [0.1, 0.15) is 21.5 Å². The first-order chi connectivity index (χ1) is 8.88. The molecule has 0 saturated heterocycles. The molecule has 0 radical (unpaired) electrons. The van der Waals surface area contributed by atoms with Gasteiger partial charge in [-0.25, -0.2) is 4.39 Å². The number of nitrogen functional groups attached to an aromatic ring is 1. The van der Waals surface area contributed by atoms with Gasteiger partial charge in [-0.05, 0) is 42.8 Å². The number of rotatable bonds is 2. The van der Waals surface area contributed by atoms with Crippen molar-refractivity contribution in [1.29, 1.82) is 0 Å². The minimum atomic E-state index is -0.462. The Morgan fingerprint density at radius 2 is 1.58 bits per heavy atom. The monoisotopic (exact) mass is 297 g/mol. The van der Waals surface area contributed by atoms with Crippen LogP contribution in [0.5, 0.6) is 0 Å². The molecule has 0 spiro atoms. The summed E-state index contributed by atoms with van der Waals surface area (Å²) >= 11 is 11.8. The molecule has 0 fully saturated rings. The van der Waals surface area contributed by atoms with Crippen molar-refractivity contribution in [1.82, 2.24) is 0 Å². The van der Waals surface area contributed by atoms with Gasteiger partial charge in [-0.15, -0.1) is 0 Å². The Labute approximate surface area is 119 Å². The van der Waals surface area contributed by atoms with Gasteiger partial charge in [-0.2, -0.15) is 0 Å². The maximum absolute atomic E-state index is 13.3. The van der Waals surface area contributed by atoms with Crippen molar-refractivity contribution in [2.24, 2.45) is 0 Å². The Bertz CT molecular complexity index is 627. The first-order valence-electron chi connectivity index (χ1n) is 5.45. The second kappa shape index (κ2) is 5.19. The minimum Gasteiger partial charge on any atom is -0.396 e. The first-order valence-corrected chi connectivity index (χ1v) is 6.20. The van der Waals surface area contributed by atoms with Crippen LogP contribution in [0.3, 0.4) is 0 Å². The zero-order valence-electron chi connectivity index (χ0n) is 10.0. The lowest BCUT2D eigenvalue weighted by molar-refractivity contribution is 0.103. The van der Waals surface area contributed by atoms with Gasteiger partial charge in [0, 0.05) is 11.1 Å². The van der Waals surface area contributed by atoms with Gasteiger partial charge in [0.1, 0.15) is 5.82 Å². The second-order valence-corrected chi connectivity index (χ2v) is 5.01. The topological polar surface area (TPSA) is 43.1 Å².